The van der Waals surface area contributed by atoms with Crippen molar-refractivity contribution < 1.29 is 4.79 Å². The lowest BCUT2D eigenvalue weighted by atomic mass is 10.1. The number of thioether (sulfide) groups is 1. The normalized spacial score (nSPS) is 14.7. The molecule has 4 heterocycles. The monoisotopic (exact) mass is 448 g/mol. The third-order valence-electron chi connectivity index (χ3n) is 6.33. The molecule has 0 unspecified atom stereocenters. The van der Waals surface area contributed by atoms with Gasteiger partial charge in [-0.05, 0) is 51.0 Å². The van der Waals surface area contributed by atoms with Gasteiger partial charge in [-0.2, -0.15) is 5.26 Å². The van der Waals surface area contributed by atoms with E-state index in [0.29, 0.717) is 29.4 Å². The number of piperazine rings is 1. The average Bonchev–Trinajstić information content (AvgIpc) is 3.11. The van der Waals surface area contributed by atoms with Crippen LogP contribution in [0, 0.1) is 39.0 Å². The standard InChI is InChI=1S/C24H28N6OS/c1-16-17(2)20(13-25)24(27-18(16)3)32-15-23(31)29-11-9-28(10-12-29)14-21-19(4)26-22-7-5-6-8-30(21)22/h5-8H,9-12,14-15H2,1-4H3. The van der Waals surface area contributed by atoms with Crippen molar-refractivity contribution in [1.29, 1.82) is 5.26 Å². The first kappa shape index (κ1) is 22.3. The van der Waals surface area contributed by atoms with Gasteiger partial charge in [0.2, 0.25) is 5.91 Å². The summed E-state index contributed by atoms with van der Waals surface area (Å²) in [6, 6.07) is 8.30. The van der Waals surface area contributed by atoms with Crippen LogP contribution < -0.4 is 0 Å². The zero-order valence-electron chi connectivity index (χ0n) is 19.1. The van der Waals surface area contributed by atoms with E-state index < -0.39 is 0 Å². The van der Waals surface area contributed by atoms with Crippen LogP contribution in [0.15, 0.2) is 29.4 Å². The Morgan fingerprint density at radius 3 is 2.53 bits per heavy atom. The smallest absolute Gasteiger partial charge is 0.233 e. The Balaban J connectivity index is 1.34. The molecule has 1 aliphatic rings. The highest BCUT2D eigenvalue weighted by molar-refractivity contribution is 8.00. The first-order chi connectivity index (χ1) is 15.4. The van der Waals surface area contributed by atoms with Crippen molar-refractivity contribution in [2.75, 3.05) is 31.9 Å². The van der Waals surface area contributed by atoms with Crippen LogP contribution >= 0.6 is 11.8 Å². The van der Waals surface area contributed by atoms with E-state index in [9.17, 15) is 10.1 Å². The molecule has 7 nitrogen and oxygen atoms in total. The zero-order chi connectivity index (χ0) is 22.8. The van der Waals surface area contributed by atoms with Crippen molar-refractivity contribution in [1.82, 2.24) is 24.2 Å². The summed E-state index contributed by atoms with van der Waals surface area (Å²) < 4.78 is 2.15. The first-order valence-electron chi connectivity index (χ1n) is 10.8. The number of aryl methyl sites for hydroxylation is 2. The number of aromatic nitrogens is 3. The highest BCUT2D eigenvalue weighted by Crippen LogP contribution is 2.26. The topological polar surface area (TPSA) is 77.5 Å². The van der Waals surface area contributed by atoms with E-state index in [1.165, 1.54) is 17.5 Å². The Kier molecular flexibility index (Phi) is 6.49. The van der Waals surface area contributed by atoms with Crippen LogP contribution in [0.4, 0.5) is 0 Å². The fourth-order valence-corrected chi connectivity index (χ4v) is 5.08. The summed E-state index contributed by atoms with van der Waals surface area (Å²) in [4.78, 5) is 26.3. The highest BCUT2D eigenvalue weighted by atomic mass is 32.2. The maximum absolute atomic E-state index is 12.8. The highest BCUT2D eigenvalue weighted by Gasteiger charge is 2.23. The van der Waals surface area contributed by atoms with E-state index in [2.05, 4.69) is 38.5 Å². The SMILES string of the molecule is Cc1nc(SCC(=O)N2CCN(Cc3c(C)nc4ccccn34)CC2)c(C#N)c(C)c1C. The third kappa shape index (κ3) is 4.36. The molecule has 0 bridgehead atoms. The van der Waals surface area contributed by atoms with Gasteiger partial charge in [0.15, 0.2) is 0 Å². The predicted molar refractivity (Wildman–Crippen MR) is 126 cm³/mol. The van der Waals surface area contributed by atoms with E-state index in [4.69, 9.17) is 0 Å². The Bertz CT molecular complexity index is 1200. The number of hydrogen-bond acceptors (Lipinski definition) is 6. The minimum Gasteiger partial charge on any atom is -0.339 e. The van der Waals surface area contributed by atoms with E-state index in [1.54, 1.807) is 0 Å². The lowest BCUT2D eigenvalue weighted by Gasteiger charge is -2.34. The maximum Gasteiger partial charge on any atom is 0.233 e. The molecule has 0 spiro atoms. The zero-order valence-corrected chi connectivity index (χ0v) is 19.9. The summed E-state index contributed by atoms with van der Waals surface area (Å²) in [7, 11) is 0. The summed E-state index contributed by atoms with van der Waals surface area (Å²) in [6.45, 7) is 11.8. The first-order valence-corrected chi connectivity index (χ1v) is 11.8. The number of carbonyl (C=O) groups is 1. The molecule has 1 amide bonds. The number of amides is 1. The van der Waals surface area contributed by atoms with Gasteiger partial charge < -0.3 is 9.30 Å². The van der Waals surface area contributed by atoms with Crippen LogP contribution in [0.25, 0.3) is 5.65 Å². The summed E-state index contributed by atoms with van der Waals surface area (Å²) in [5.41, 5.74) is 6.71. The van der Waals surface area contributed by atoms with Crippen molar-refractivity contribution in [2.24, 2.45) is 0 Å². The quantitative estimate of drug-likeness (QED) is 0.558. The molecule has 1 fully saturated rings. The molecule has 3 aromatic rings. The number of nitrogens with zero attached hydrogens (tertiary/aromatic N) is 6. The second-order valence-corrected chi connectivity index (χ2v) is 9.22. The Labute approximate surface area is 193 Å². The number of imidazole rings is 1. The molecular weight excluding hydrogens is 420 g/mol. The minimum absolute atomic E-state index is 0.0993. The van der Waals surface area contributed by atoms with Crippen LogP contribution in [0.1, 0.15) is 33.8 Å². The van der Waals surface area contributed by atoms with E-state index >= 15 is 0 Å². The molecule has 0 aromatic carbocycles. The van der Waals surface area contributed by atoms with Gasteiger partial charge in [-0.15, -0.1) is 0 Å². The largest absolute Gasteiger partial charge is 0.339 e. The number of rotatable bonds is 5. The van der Waals surface area contributed by atoms with Crippen molar-refractivity contribution >= 4 is 23.3 Å². The number of pyridine rings is 2. The van der Waals surface area contributed by atoms with Crippen molar-refractivity contribution in [3.05, 3.63) is 58.2 Å². The second kappa shape index (κ2) is 9.31. The fraction of sp³-hybridized carbons (Fsp3) is 0.417. The second-order valence-electron chi connectivity index (χ2n) is 8.26. The Morgan fingerprint density at radius 1 is 1.06 bits per heavy atom. The lowest BCUT2D eigenvalue weighted by Crippen LogP contribution is -2.49. The molecular formula is C24H28N6OS. The number of hydrogen-bond donors (Lipinski definition) is 0. The molecule has 1 aliphatic heterocycles. The molecule has 3 aromatic heterocycles. The number of fused-ring (bicyclic) bond motifs is 1. The van der Waals surface area contributed by atoms with Gasteiger partial charge in [-0.25, -0.2) is 9.97 Å². The van der Waals surface area contributed by atoms with E-state index in [0.717, 1.165) is 47.8 Å². The average molecular weight is 449 g/mol. The van der Waals surface area contributed by atoms with Crippen molar-refractivity contribution in [3.63, 3.8) is 0 Å². The summed E-state index contributed by atoms with van der Waals surface area (Å²) in [6.07, 6.45) is 2.06. The van der Waals surface area contributed by atoms with Gasteiger partial charge in [0, 0.05) is 44.6 Å². The molecule has 4 rings (SSSR count). The summed E-state index contributed by atoms with van der Waals surface area (Å²) in [5, 5.41) is 10.2. The molecule has 0 N–H and O–H groups in total. The maximum atomic E-state index is 12.8. The molecule has 8 heteroatoms. The predicted octanol–water partition coefficient (Wildman–Crippen LogP) is 3.27. The third-order valence-corrected chi connectivity index (χ3v) is 7.30. The van der Waals surface area contributed by atoms with Crippen molar-refractivity contribution in [2.45, 2.75) is 39.3 Å². The number of nitriles is 1. The summed E-state index contributed by atoms with van der Waals surface area (Å²) in [5.74, 6) is 0.401. The van der Waals surface area contributed by atoms with Gasteiger partial charge in [0.05, 0.1) is 22.7 Å². The Hall–Kier alpha value is -2.89. The van der Waals surface area contributed by atoms with Gasteiger partial charge in [-0.1, -0.05) is 17.8 Å². The fourth-order valence-electron chi connectivity index (χ4n) is 4.09. The van der Waals surface area contributed by atoms with Gasteiger partial charge in [0.25, 0.3) is 0 Å². The van der Waals surface area contributed by atoms with Crippen LogP contribution in [-0.2, 0) is 11.3 Å². The minimum atomic E-state index is 0.0993. The van der Waals surface area contributed by atoms with Crippen LogP contribution in [0.5, 0.6) is 0 Å². The number of carbonyl (C=O) groups excluding carboxylic acids is 1. The van der Waals surface area contributed by atoms with Gasteiger partial charge in [-0.3, -0.25) is 9.69 Å². The van der Waals surface area contributed by atoms with Crippen LogP contribution in [-0.4, -0.2) is 62.0 Å². The lowest BCUT2D eigenvalue weighted by molar-refractivity contribution is -0.130. The molecule has 32 heavy (non-hydrogen) atoms. The van der Waals surface area contributed by atoms with Gasteiger partial charge in [0.1, 0.15) is 16.7 Å². The molecule has 0 atom stereocenters. The van der Waals surface area contributed by atoms with E-state index in [1.807, 2.05) is 43.9 Å². The van der Waals surface area contributed by atoms with E-state index in [-0.39, 0.29) is 5.91 Å². The molecule has 166 valence electrons. The summed E-state index contributed by atoms with van der Waals surface area (Å²) >= 11 is 1.37. The van der Waals surface area contributed by atoms with Crippen LogP contribution in [0.3, 0.4) is 0 Å². The van der Waals surface area contributed by atoms with Crippen molar-refractivity contribution in [3.8, 4) is 6.07 Å². The van der Waals surface area contributed by atoms with Gasteiger partial charge >= 0.3 is 0 Å². The molecule has 1 saturated heterocycles. The van der Waals surface area contributed by atoms with Crippen LogP contribution in [0.2, 0.25) is 0 Å². The molecule has 0 radical (unpaired) electrons. The molecule has 0 saturated carbocycles. The molecule has 0 aliphatic carbocycles. The Morgan fingerprint density at radius 2 is 1.81 bits per heavy atom.